The maximum Gasteiger partial charge on any atom is 0.287 e. The topological polar surface area (TPSA) is 77.6 Å². The Hall–Kier alpha value is -1.89. The van der Waals surface area contributed by atoms with Crippen LogP contribution in [0.2, 0.25) is 5.02 Å². The fourth-order valence-electron chi connectivity index (χ4n) is 1.45. The summed E-state index contributed by atoms with van der Waals surface area (Å²) in [4.78, 5) is 11.7. The zero-order chi connectivity index (χ0) is 13.1. The molecule has 18 heavy (non-hydrogen) atoms. The van der Waals surface area contributed by atoms with E-state index in [4.69, 9.17) is 11.6 Å². The van der Waals surface area contributed by atoms with Crippen LogP contribution in [-0.2, 0) is 20.1 Å². The van der Waals surface area contributed by atoms with E-state index in [2.05, 4.69) is 20.6 Å². The Kier molecular flexibility index (Phi) is 3.61. The minimum Gasteiger partial charge on any atom is -0.375 e. The van der Waals surface area contributed by atoms with Gasteiger partial charge in [0.05, 0.1) is 18.4 Å². The van der Waals surface area contributed by atoms with Crippen molar-refractivity contribution in [2.45, 2.75) is 20.0 Å². The van der Waals surface area contributed by atoms with Crippen molar-refractivity contribution in [3.05, 3.63) is 33.7 Å². The van der Waals surface area contributed by atoms with E-state index >= 15 is 0 Å². The highest BCUT2D eigenvalue weighted by Gasteiger charge is 2.09. The number of aromatic nitrogens is 5. The molecule has 0 bridgehead atoms. The molecule has 8 heteroatoms. The van der Waals surface area contributed by atoms with Crippen LogP contribution in [0.1, 0.15) is 12.7 Å². The Balaban J connectivity index is 2.18. The molecule has 0 atom stereocenters. The molecule has 0 unspecified atom stereocenters. The van der Waals surface area contributed by atoms with Gasteiger partial charge < -0.3 is 9.88 Å². The number of nitrogens with zero attached hydrogens (tertiary/aromatic N) is 5. The van der Waals surface area contributed by atoms with Crippen LogP contribution in [0, 0.1) is 0 Å². The minimum absolute atomic E-state index is 0.133. The quantitative estimate of drug-likeness (QED) is 0.881. The molecule has 0 radical (unpaired) electrons. The maximum atomic E-state index is 11.7. The monoisotopic (exact) mass is 268 g/mol. The molecule has 0 amide bonds. The van der Waals surface area contributed by atoms with Gasteiger partial charge in [0.25, 0.3) is 5.56 Å². The Labute approximate surface area is 108 Å². The van der Waals surface area contributed by atoms with Crippen molar-refractivity contribution in [3.63, 3.8) is 0 Å². The summed E-state index contributed by atoms with van der Waals surface area (Å²) in [7, 11) is 1.84. The SMILES string of the molecule is CCn1ncc(NCc2nncn2C)c(Cl)c1=O. The van der Waals surface area contributed by atoms with E-state index in [0.29, 0.717) is 18.8 Å². The third-order valence-electron chi connectivity index (χ3n) is 2.53. The third kappa shape index (κ3) is 2.35. The number of aryl methyl sites for hydroxylation is 2. The van der Waals surface area contributed by atoms with Gasteiger partial charge in [-0.1, -0.05) is 11.6 Å². The van der Waals surface area contributed by atoms with Crippen LogP contribution in [0.15, 0.2) is 17.3 Å². The van der Waals surface area contributed by atoms with E-state index in [9.17, 15) is 4.79 Å². The first-order chi connectivity index (χ1) is 8.63. The Morgan fingerprint density at radius 2 is 2.28 bits per heavy atom. The smallest absolute Gasteiger partial charge is 0.287 e. The van der Waals surface area contributed by atoms with Crippen LogP contribution in [0.4, 0.5) is 5.69 Å². The van der Waals surface area contributed by atoms with Crippen LogP contribution in [-0.4, -0.2) is 24.5 Å². The van der Waals surface area contributed by atoms with Crippen molar-refractivity contribution in [2.24, 2.45) is 7.05 Å². The molecule has 96 valence electrons. The zero-order valence-electron chi connectivity index (χ0n) is 10.1. The number of halogens is 1. The van der Waals surface area contributed by atoms with Gasteiger partial charge in [0.2, 0.25) is 0 Å². The van der Waals surface area contributed by atoms with Crippen molar-refractivity contribution in [1.82, 2.24) is 24.5 Å². The fraction of sp³-hybridized carbons (Fsp3) is 0.400. The second-order valence-corrected chi connectivity index (χ2v) is 4.08. The molecule has 0 aliphatic rings. The number of hydrogen-bond acceptors (Lipinski definition) is 5. The van der Waals surface area contributed by atoms with Gasteiger partial charge >= 0.3 is 0 Å². The van der Waals surface area contributed by atoms with Crippen molar-refractivity contribution in [2.75, 3.05) is 5.32 Å². The van der Waals surface area contributed by atoms with Crippen LogP contribution < -0.4 is 10.9 Å². The molecule has 2 aromatic rings. The van der Waals surface area contributed by atoms with Gasteiger partial charge in [0.15, 0.2) is 5.82 Å². The van der Waals surface area contributed by atoms with E-state index in [-0.39, 0.29) is 10.6 Å². The van der Waals surface area contributed by atoms with Crippen molar-refractivity contribution in [3.8, 4) is 0 Å². The van der Waals surface area contributed by atoms with Crippen LogP contribution in [0.5, 0.6) is 0 Å². The molecule has 2 rings (SSSR count). The average Bonchev–Trinajstić information content (AvgIpc) is 2.77. The van der Waals surface area contributed by atoms with Gasteiger partial charge in [0.1, 0.15) is 11.3 Å². The molecule has 0 aromatic carbocycles. The molecule has 0 spiro atoms. The summed E-state index contributed by atoms with van der Waals surface area (Å²) in [5, 5.41) is 14.8. The standard InChI is InChI=1S/C10H13ClN6O/c1-3-17-10(18)9(11)7(4-14-17)12-5-8-15-13-6-16(8)2/h4,6,12H,3,5H2,1-2H3. The fourth-order valence-corrected chi connectivity index (χ4v) is 1.67. The first kappa shape index (κ1) is 12.6. The summed E-state index contributed by atoms with van der Waals surface area (Å²) in [6.07, 6.45) is 3.13. The van der Waals surface area contributed by atoms with Gasteiger partial charge in [-0.05, 0) is 6.92 Å². The molecule has 2 heterocycles. The minimum atomic E-state index is -0.304. The van der Waals surface area contributed by atoms with Gasteiger partial charge in [0, 0.05) is 13.6 Å². The summed E-state index contributed by atoms with van der Waals surface area (Å²) in [6, 6.07) is 0. The van der Waals surface area contributed by atoms with Gasteiger partial charge in [-0.15, -0.1) is 10.2 Å². The highest BCUT2D eigenvalue weighted by atomic mass is 35.5. The molecule has 7 nitrogen and oxygen atoms in total. The predicted octanol–water partition coefficient (Wildman–Crippen LogP) is 0.657. The second kappa shape index (κ2) is 5.18. The lowest BCUT2D eigenvalue weighted by Gasteiger charge is -2.08. The number of nitrogens with one attached hydrogen (secondary N) is 1. The largest absolute Gasteiger partial charge is 0.375 e. The van der Waals surface area contributed by atoms with Crippen molar-refractivity contribution in [1.29, 1.82) is 0 Å². The third-order valence-corrected chi connectivity index (χ3v) is 2.89. The highest BCUT2D eigenvalue weighted by molar-refractivity contribution is 6.32. The molecule has 0 aliphatic carbocycles. The van der Waals surface area contributed by atoms with Crippen LogP contribution in [0.3, 0.4) is 0 Å². The van der Waals surface area contributed by atoms with E-state index in [1.807, 2.05) is 14.0 Å². The average molecular weight is 269 g/mol. The van der Waals surface area contributed by atoms with Crippen molar-refractivity contribution >= 4 is 17.3 Å². The summed E-state index contributed by atoms with van der Waals surface area (Å²) in [5.41, 5.74) is 0.191. The maximum absolute atomic E-state index is 11.7. The molecule has 0 saturated carbocycles. The van der Waals surface area contributed by atoms with Crippen molar-refractivity contribution < 1.29 is 0 Å². The molecule has 0 aliphatic heterocycles. The molecular weight excluding hydrogens is 256 g/mol. The number of anilines is 1. The van der Waals surface area contributed by atoms with Gasteiger partial charge in [-0.2, -0.15) is 5.10 Å². The van der Waals surface area contributed by atoms with Crippen LogP contribution in [0.25, 0.3) is 0 Å². The van der Waals surface area contributed by atoms with E-state index in [1.54, 1.807) is 10.9 Å². The molecule has 0 saturated heterocycles. The molecule has 2 aromatic heterocycles. The summed E-state index contributed by atoms with van der Waals surface area (Å²) in [6.45, 7) is 2.74. The highest BCUT2D eigenvalue weighted by Crippen LogP contribution is 2.15. The Bertz CT molecular complexity index is 605. The van der Waals surface area contributed by atoms with E-state index < -0.39 is 0 Å². The summed E-state index contributed by atoms with van der Waals surface area (Å²) >= 11 is 5.98. The Morgan fingerprint density at radius 1 is 1.50 bits per heavy atom. The molecule has 0 fully saturated rings. The lowest BCUT2D eigenvalue weighted by Crippen LogP contribution is -2.23. The van der Waals surface area contributed by atoms with Gasteiger partial charge in [-0.3, -0.25) is 4.79 Å². The summed E-state index contributed by atoms with van der Waals surface area (Å²) in [5.74, 6) is 0.741. The lowest BCUT2D eigenvalue weighted by atomic mass is 10.4. The van der Waals surface area contributed by atoms with Crippen LogP contribution >= 0.6 is 11.6 Å². The van der Waals surface area contributed by atoms with E-state index in [0.717, 1.165) is 5.82 Å². The van der Waals surface area contributed by atoms with E-state index in [1.165, 1.54) is 10.9 Å². The Morgan fingerprint density at radius 3 is 2.89 bits per heavy atom. The summed E-state index contributed by atoms with van der Waals surface area (Å²) < 4.78 is 3.08. The normalized spacial score (nSPS) is 10.6. The first-order valence-electron chi connectivity index (χ1n) is 5.45. The number of hydrogen-bond donors (Lipinski definition) is 1. The molecule has 1 N–H and O–H groups in total. The lowest BCUT2D eigenvalue weighted by molar-refractivity contribution is 0.616. The number of rotatable bonds is 4. The predicted molar refractivity (Wildman–Crippen MR) is 67.5 cm³/mol. The zero-order valence-corrected chi connectivity index (χ0v) is 10.8. The molecular formula is C10H13ClN6O. The van der Waals surface area contributed by atoms with Gasteiger partial charge in [-0.25, -0.2) is 4.68 Å². The first-order valence-corrected chi connectivity index (χ1v) is 5.83. The second-order valence-electron chi connectivity index (χ2n) is 3.70.